The Bertz CT molecular complexity index is 334. The van der Waals surface area contributed by atoms with Gasteiger partial charge in [0.2, 0.25) is 0 Å². The lowest BCUT2D eigenvalue weighted by molar-refractivity contribution is 0.136. The molecule has 2 N–H and O–H groups in total. The molecule has 2 unspecified atom stereocenters. The number of rotatable bonds is 4. The Hall–Kier alpha value is -1.06. The summed E-state index contributed by atoms with van der Waals surface area (Å²) in [6, 6.07) is 8.15. The highest BCUT2D eigenvalue weighted by atomic mass is 16.5. The zero-order valence-electron chi connectivity index (χ0n) is 9.65. The molecule has 2 rings (SSSR count). The average molecular weight is 221 g/mol. The largest absolute Gasteiger partial charge is 0.497 e. The van der Waals surface area contributed by atoms with Gasteiger partial charge in [0.25, 0.3) is 0 Å². The molecule has 1 aromatic carbocycles. The van der Waals surface area contributed by atoms with Crippen molar-refractivity contribution in [3.05, 3.63) is 29.8 Å². The summed E-state index contributed by atoms with van der Waals surface area (Å²) in [5.41, 5.74) is 1.13. The van der Waals surface area contributed by atoms with Gasteiger partial charge in [-0.1, -0.05) is 12.1 Å². The van der Waals surface area contributed by atoms with Crippen LogP contribution in [0.15, 0.2) is 24.3 Å². The third-order valence-corrected chi connectivity index (χ3v) is 3.14. The van der Waals surface area contributed by atoms with Crippen molar-refractivity contribution < 1.29 is 9.84 Å². The molecule has 1 saturated heterocycles. The van der Waals surface area contributed by atoms with Crippen LogP contribution in [0.2, 0.25) is 0 Å². The molecule has 1 aliphatic rings. The summed E-state index contributed by atoms with van der Waals surface area (Å²) in [6.07, 6.45) is 2.63. The Balaban J connectivity index is 1.96. The van der Waals surface area contributed by atoms with Crippen LogP contribution in [0.25, 0.3) is 0 Å². The van der Waals surface area contributed by atoms with Gasteiger partial charge in [-0.15, -0.1) is 0 Å². The van der Waals surface area contributed by atoms with E-state index >= 15 is 0 Å². The van der Waals surface area contributed by atoms with E-state index in [4.69, 9.17) is 4.74 Å². The molecule has 0 radical (unpaired) electrons. The van der Waals surface area contributed by atoms with Crippen molar-refractivity contribution in [2.75, 3.05) is 13.7 Å². The number of hydrogen-bond donors (Lipinski definition) is 2. The van der Waals surface area contributed by atoms with Crippen LogP contribution in [-0.2, 0) is 6.42 Å². The average Bonchev–Trinajstić information content (AvgIpc) is 2.83. The summed E-state index contributed by atoms with van der Waals surface area (Å²) >= 11 is 0. The van der Waals surface area contributed by atoms with Gasteiger partial charge in [-0.05, 0) is 37.1 Å². The van der Waals surface area contributed by atoms with Gasteiger partial charge in [0.05, 0.1) is 13.2 Å². The van der Waals surface area contributed by atoms with E-state index < -0.39 is 0 Å². The van der Waals surface area contributed by atoms with Gasteiger partial charge >= 0.3 is 0 Å². The molecule has 16 heavy (non-hydrogen) atoms. The molecule has 2 atom stereocenters. The number of benzene rings is 1. The first-order chi connectivity index (χ1) is 7.79. The normalized spacial score (nSPS) is 22.0. The Labute approximate surface area is 96.4 Å². The van der Waals surface area contributed by atoms with Gasteiger partial charge in [0.15, 0.2) is 0 Å². The quantitative estimate of drug-likeness (QED) is 0.806. The van der Waals surface area contributed by atoms with Gasteiger partial charge in [-0.25, -0.2) is 0 Å². The lowest BCUT2D eigenvalue weighted by atomic mass is 10.0. The molecule has 1 aromatic rings. The van der Waals surface area contributed by atoms with Gasteiger partial charge < -0.3 is 15.2 Å². The lowest BCUT2D eigenvalue weighted by Crippen LogP contribution is -2.36. The van der Waals surface area contributed by atoms with Crippen LogP contribution in [0.3, 0.4) is 0 Å². The van der Waals surface area contributed by atoms with Crippen molar-refractivity contribution in [3.8, 4) is 5.75 Å². The molecule has 0 amide bonds. The minimum absolute atomic E-state index is 0.256. The Morgan fingerprint density at radius 2 is 2.44 bits per heavy atom. The summed E-state index contributed by atoms with van der Waals surface area (Å²) in [5.74, 6) is 0.851. The molecule has 0 bridgehead atoms. The summed E-state index contributed by atoms with van der Waals surface area (Å²) in [5, 5.41) is 13.4. The Morgan fingerprint density at radius 3 is 3.12 bits per heavy atom. The maximum atomic E-state index is 10.1. The smallest absolute Gasteiger partial charge is 0.119 e. The number of hydrogen-bond acceptors (Lipinski definition) is 3. The summed E-state index contributed by atoms with van der Waals surface area (Å²) in [4.78, 5) is 0. The molecule has 0 spiro atoms. The highest BCUT2D eigenvalue weighted by Gasteiger charge is 2.22. The second-order valence-electron chi connectivity index (χ2n) is 4.33. The Kier molecular flexibility index (Phi) is 3.80. The molecule has 0 aliphatic carbocycles. The number of ether oxygens (including phenoxy) is 1. The second-order valence-corrected chi connectivity index (χ2v) is 4.33. The van der Waals surface area contributed by atoms with Gasteiger partial charge in [-0.3, -0.25) is 0 Å². The van der Waals surface area contributed by atoms with Gasteiger partial charge in [-0.2, -0.15) is 0 Å². The summed E-state index contributed by atoms with van der Waals surface area (Å²) in [6.45, 7) is 1.03. The molecule has 1 heterocycles. The fourth-order valence-corrected chi connectivity index (χ4v) is 2.22. The van der Waals surface area contributed by atoms with Crippen LogP contribution >= 0.6 is 0 Å². The summed E-state index contributed by atoms with van der Waals surface area (Å²) in [7, 11) is 1.66. The molecule has 3 heteroatoms. The standard InChI is InChI=1S/C13H19NO2/c1-16-11-5-2-4-10(8-11)9-13(15)12-6-3-7-14-12/h2,4-5,8,12-15H,3,6-7,9H2,1H3. The van der Waals surface area contributed by atoms with E-state index in [9.17, 15) is 5.11 Å². The fourth-order valence-electron chi connectivity index (χ4n) is 2.22. The fraction of sp³-hybridized carbons (Fsp3) is 0.538. The van der Waals surface area contributed by atoms with Crippen LogP contribution < -0.4 is 10.1 Å². The molecule has 3 nitrogen and oxygen atoms in total. The van der Waals surface area contributed by atoms with Gasteiger partial charge in [0.1, 0.15) is 5.75 Å². The number of aliphatic hydroxyl groups is 1. The van der Waals surface area contributed by atoms with Crippen molar-refractivity contribution in [2.24, 2.45) is 0 Å². The zero-order chi connectivity index (χ0) is 11.4. The minimum Gasteiger partial charge on any atom is -0.497 e. The van der Waals surface area contributed by atoms with Crippen LogP contribution in [0.5, 0.6) is 5.75 Å². The predicted octanol–water partition coefficient (Wildman–Crippen LogP) is 1.35. The third kappa shape index (κ3) is 2.74. The highest BCUT2D eigenvalue weighted by molar-refractivity contribution is 5.28. The van der Waals surface area contributed by atoms with Crippen LogP contribution in [0, 0.1) is 0 Å². The molecule has 1 aliphatic heterocycles. The SMILES string of the molecule is COc1cccc(CC(O)C2CCCN2)c1. The van der Waals surface area contributed by atoms with Crippen LogP contribution in [0.4, 0.5) is 0 Å². The van der Waals surface area contributed by atoms with E-state index in [1.807, 2.05) is 24.3 Å². The topological polar surface area (TPSA) is 41.5 Å². The van der Waals surface area contributed by atoms with E-state index in [2.05, 4.69) is 5.32 Å². The predicted molar refractivity (Wildman–Crippen MR) is 63.7 cm³/mol. The van der Waals surface area contributed by atoms with E-state index in [0.717, 1.165) is 24.3 Å². The second kappa shape index (κ2) is 5.32. The van der Waals surface area contributed by atoms with Crippen molar-refractivity contribution in [1.29, 1.82) is 0 Å². The molecule has 1 fully saturated rings. The van der Waals surface area contributed by atoms with Crippen molar-refractivity contribution >= 4 is 0 Å². The van der Waals surface area contributed by atoms with Crippen molar-refractivity contribution in [2.45, 2.75) is 31.4 Å². The van der Waals surface area contributed by atoms with E-state index in [1.54, 1.807) is 7.11 Å². The van der Waals surface area contributed by atoms with E-state index in [1.165, 1.54) is 6.42 Å². The van der Waals surface area contributed by atoms with E-state index in [-0.39, 0.29) is 12.1 Å². The zero-order valence-corrected chi connectivity index (χ0v) is 9.65. The third-order valence-electron chi connectivity index (χ3n) is 3.14. The maximum Gasteiger partial charge on any atom is 0.119 e. The van der Waals surface area contributed by atoms with Crippen molar-refractivity contribution in [1.82, 2.24) is 5.32 Å². The highest BCUT2D eigenvalue weighted by Crippen LogP contribution is 2.17. The molecule has 88 valence electrons. The first-order valence-corrected chi connectivity index (χ1v) is 5.84. The minimum atomic E-state index is -0.297. The molecule has 0 aromatic heterocycles. The molecular formula is C13H19NO2. The Morgan fingerprint density at radius 1 is 1.56 bits per heavy atom. The van der Waals surface area contributed by atoms with E-state index in [0.29, 0.717) is 6.42 Å². The molecule has 0 saturated carbocycles. The first-order valence-electron chi connectivity index (χ1n) is 5.84. The number of methoxy groups -OCH3 is 1. The number of aliphatic hydroxyl groups excluding tert-OH is 1. The monoisotopic (exact) mass is 221 g/mol. The lowest BCUT2D eigenvalue weighted by Gasteiger charge is -2.18. The van der Waals surface area contributed by atoms with Crippen molar-refractivity contribution in [3.63, 3.8) is 0 Å². The van der Waals surface area contributed by atoms with Crippen LogP contribution in [-0.4, -0.2) is 30.9 Å². The summed E-state index contributed by atoms with van der Waals surface area (Å²) < 4.78 is 5.16. The number of nitrogens with one attached hydrogen (secondary N) is 1. The first kappa shape index (κ1) is 11.4. The molecular weight excluding hydrogens is 202 g/mol. The maximum absolute atomic E-state index is 10.1. The van der Waals surface area contributed by atoms with Crippen LogP contribution in [0.1, 0.15) is 18.4 Å². The van der Waals surface area contributed by atoms with Gasteiger partial charge in [0, 0.05) is 12.5 Å².